The smallest absolute Gasteiger partial charge is 0.339 e. The number of nitrogens with zero attached hydrogens (tertiary/aromatic N) is 2. The number of amides is 1. The first-order valence-corrected chi connectivity index (χ1v) is 11.4. The Morgan fingerprint density at radius 2 is 1.74 bits per heavy atom. The molecule has 0 saturated carbocycles. The van der Waals surface area contributed by atoms with Crippen molar-refractivity contribution >= 4 is 21.7 Å². The molecule has 3 aromatic carbocycles. The molecule has 11 heteroatoms. The zero-order chi connectivity index (χ0) is 24.7. The Morgan fingerprint density at radius 1 is 1.06 bits per heavy atom. The minimum Gasteiger partial charge on any atom is -0.383 e. The van der Waals surface area contributed by atoms with E-state index in [1.165, 1.54) is 48.4 Å². The zero-order valence-electron chi connectivity index (χ0n) is 18.1. The third kappa shape index (κ3) is 6.36. The molecule has 9 nitrogen and oxygen atoms in total. The van der Waals surface area contributed by atoms with Gasteiger partial charge in [-0.1, -0.05) is 12.1 Å². The maximum absolute atomic E-state index is 13.1. The molecule has 0 atom stereocenters. The van der Waals surface area contributed by atoms with Gasteiger partial charge in [-0.25, -0.2) is 4.39 Å². The Balaban J connectivity index is 1.79. The summed E-state index contributed by atoms with van der Waals surface area (Å²) in [5.74, 6) is -0.928. The highest BCUT2D eigenvalue weighted by Crippen LogP contribution is 2.22. The molecular weight excluding hydrogens is 467 g/mol. The van der Waals surface area contributed by atoms with Crippen LogP contribution >= 0.6 is 0 Å². The first-order chi connectivity index (χ1) is 16.2. The molecule has 0 aliphatic rings. The predicted molar refractivity (Wildman–Crippen MR) is 120 cm³/mol. The van der Waals surface area contributed by atoms with Crippen molar-refractivity contribution in [2.24, 2.45) is 0 Å². The van der Waals surface area contributed by atoms with Crippen molar-refractivity contribution in [2.75, 3.05) is 20.3 Å². The van der Waals surface area contributed by atoms with Crippen molar-refractivity contribution in [3.8, 4) is 5.75 Å². The van der Waals surface area contributed by atoms with E-state index in [-0.39, 0.29) is 47.5 Å². The van der Waals surface area contributed by atoms with Crippen LogP contribution in [0.5, 0.6) is 5.75 Å². The number of ether oxygens (including phenoxy) is 1. The SMILES string of the molecule is COCCN(Cc1cccc(OS(=O)(=O)c2ccc(F)cc2)c1)C(=O)c1ccc([N+](=O)[O-])cc1. The summed E-state index contributed by atoms with van der Waals surface area (Å²) in [5.41, 5.74) is 0.707. The van der Waals surface area contributed by atoms with Crippen LogP contribution in [0.25, 0.3) is 0 Å². The van der Waals surface area contributed by atoms with Crippen molar-refractivity contribution in [3.05, 3.63) is 99.9 Å². The maximum atomic E-state index is 13.1. The van der Waals surface area contributed by atoms with Gasteiger partial charge >= 0.3 is 10.1 Å². The highest BCUT2D eigenvalue weighted by Gasteiger charge is 2.20. The molecule has 0 aliphatic heterocycles. The van der Waals surface area contributed by atoms with Crippen LogP contribution in [0, 0.1) is 15.9 Å². The minimum absolute atomic E-state index is 0.0244. The largest absolute Gasteiger partial charge is 0.383 e. The number of hydrogen-bond acceptors (Lipinski definition) is 7. The van der Waals surface area contributed by atoms with Crippen molar-refractivity contribution in [1.82, 2.24) is 4.90 Å². The van der Waals surface area contributed by atoms with Crippen LogP contribution in [0.2, 0.25) is 0 Å². The van der Waals surface area contributed by atoms with Gasteiger partial charge < -0.3 is 13.8 Å². The van der Waals surface area contributed by atoms with E-state index >= 15 is 0 Å². The van der Waals surface area contributed by atoms with Crippen molar-refractivity contribution in [3.63, 3.8) is 0 Å². The summed E-state index contributed by atoms with van der Waals surface area (Å²) in [4.78, 5) is 24.6. The summed E-state index contributed by atoms with van der Waals surface area (Å²) in [5, 5.41) is 10.9. The van der Waals surface area contributed by atoms with Gasteiger partial charge in [0.2, 0.25) is 0 Å². The molecule has 3 aromatic rings. The van der Waals surface area contributed by atoms with Gasteiger partial charge in [-0.05, 0) is 54.1 Å². The number of halogens is 1. The fourth-order valence-corrected chi connectivity index (χ4v) is 3.98. The molecule has 0 unspecified atom stereocenters. The lowest BCUT2D eigenvalue weighted by molar-refractivity contribution is -0.384. The third-order valence-corrected chi connectivity index (χ3v) is 6.02. The van der Waals surface area contributed by atoms with Crippen molar-refractivity contribution in [1.29, 1.82) is 0 Å². The summed E-state index contributed by atoms with van der Waals surface area (Å²) in [6.45, 7) is 0.576. The molecule has 34 heavy (non-hydrogen) atoms. The maximum Gasteiger partial charge on any atom is 0.339 e. The molecule has 0 spiro atoms. The van der Waals surface area contributed by atoms with Crippen LogP contribution in [0.1, 0.15) is 15.9 Å². The standard InChI is InChI=1S/C23H21FN2O7S/c1-32-14-13-25(23(27)18-5-9-20(10-6-18)26(28)29)16-17-3-2-4-21(15-17)33-34(30,31)22-11-7-19(24)8-12-22/h2-12,15H,13-14,16H2,1H3. The topological polar surface area (TPSA) is 116 Å². The van der Waals surface area contributed by atoms with E-state index in [2.05, 4.69) is 0 Å². The van der Waals surface area contributed by atoms with Crippen LogP contribution in [-0.4, -0.2) is 44.4 Å². The number of carbonyl (C=O) groups excluding carboxylic acids is 1. The molecule has 0 fully saturated rings. The second kappa shape index (κ2) is 10.9. The molecule has 0 aliphatic carbocycles. The minimum atomic E-state index is -4.18. The van der Waals surface area contributed by atoms with Gasteiger partial charge in [0.1, 0.15) is 16.5 Å². The van der Waals surface area contributed by atoms with Crippen LogP contribution in [0.15, 0.2) is 77.7 Å². The second-order valence-electron chi connectivity index (χ2n) is 7.16. The van der Waals surface area contributed by atoms with E-state index in [0.717, 1.165) is 24.3 Å². The number of benzene rings is 3. The molecule has 0 radical (unpaired) electrons. The number of rotatable bonds is 10. The Labute approximate surface area is 195 Å². The van der Waals surface area contributed by atoms with Crippen LogP contribution < -0.4 is 4.18 Å². The average Bonchev–Trinajstić information content (AvgIpc) is 2.81. The summed E-state index contributed by atoms with van der Waals surface area (Å²) < 4.78 is 48.3. The Kier molecular flexibility index (Phi) is 7.92. The van der Waals surface area contributed by atoms with Gasteiger partial charge in [0.15, 0.2) is 0 Å². The summed E-state index contributed by atoms with van der Waals surface area (Å²) in [7, 11) is -2.69. The molecule has 0 aromatic heterocycles. The molecule has 0 heterocycles. The number of nitro groups is 1. The monoisotopic (exact) mass is 488 g/mol. The van der Waals surface area contributed by atoms with E-state index in [1.807, 2.05) is 0 Å². The van der Waals surface area contributed by atoms with E-state index in [4.69, 9.17) is 8.92 Å². The molecular formula is C23H21FN2O7S. The Morgan fingerprint density at radius 3 is 2.35 bits per heavy atom. The Bertz CT molecular complexity index is 1260. The van der Waals surface area contributed by atoms with Gasteiger partial charge in [-0.15, -0.1) is 0 Å². The fraction of sp³-hybridized carbons (Fsp3) is 0.174. The Hall–Kier alpha value is -3.83. The van der Waals surface area contributed by atoms with E-state index in [1.54, 1.807) is 12.1 Å². The van der Waals surface area contributed by atoms with E-state index in [9.17, 15) is 27.7 Å². The van der Waals surface area contributed by atoms with Crippen LogP contribution in [0.4, 0.5) is 10.1 Å². The molecule has 3 rings (SSSR count). The summed E-state index contributed by atoms with van der Waals surface area (Å²) >= 11 is 0. The first kappa shape index (κ1) is 24.8. The van der Waals surface area contributed by atoms with E-state index in [0.29, 0.717) is 5.56 Å². The second-order valence-corrected chi connectivity index (χ2v) is 8.71. The van der Waals surface area contributed by atoms with Gasteiger partial charge in [0.25, 0.3) is 11.6 Å². The quantitative estimate of drug-likeness (QED) is 0.242. The lowest BCUT2D eigenvalue weighted by Gasteiger charge is -2.23. The lowest BCUT2D eigenvalue weighted by atomic mass is 10.1. The first-order valence-electron chi connectivity index (χ1n) is 10.0. The van der Waals surface area contributed by atoms with Gasteiger partial charge in [-0.2, -0.15) is 8.42 Å². The molecule has 178 valence electrons. The van der Waals surface area contributed by atoms with Crippen molar-refractivity contribution < 1.29 is 31.4 Å². The van der Waals surface area contributed by atoms with Crippen LogP contribution in [-0.2, 0) is 21.4 Å². The van der Waals surface area contributed by atoms with Crippen molar-refractivity contribution in [2.45, 2.75) is 11.4 Å². The summed E-state index contributed by atoms with van der Waals surface area (Å²) in [6, 6.07) is 15.7. The van der Waals surface area contributed by atoms with Crippen LogP contribution in [0.3, 0.4) is 0 Å². The van der Waals surface area contributed by atoms with E-state index < -0.39 is 20.9 Å². The third-order valence-electron chi connectivity index (χ3n) is 4.76. The normalized spacial score (nSPS) is 11.1. The predicted octanol–water partition coefficient (Wildman–Crippen LogP) is 3.79. The number of methoxy groups -OCH3 is 1. The highest BCUT2D eigenvalue weighted by molar-refractivity contribution is 7.87. The number of nitro benzene ring substituents is 1. The van der Waals surface area contributed by atoms with Gasteiger partial charge in [-0.3, -0.25) is 14.9 Å². The number of non-ortho nitro benzene ring substituents is 1. The number of carbonyl (C=O) groups is 1. The average molecular weight is 488 g/mol. The van der Waals surface area contributed by atoms with Gasteiger partial charge in [0, 0.05) is 37.9 Å². The summed E-state index contributed by atoms with van der Waals surface area (Å²) in [6.07, 6.45) is 0. The molecule has 0 bridgehead atoms. The highest BCUT2D eigenvalue weighted by atomic mass is 32.2. The number of hydrogen-bond donors (Lipinski definition) is 0. The molecule has 0 N–H and O–H groups in total. The zero-order valence-corrected chi connectivity index (χ0v) is 18.9. The van der Waals surface area contributed by atoms with Gasteiger partial charge in [0.05, 0.1) is 11.5 Å². The molecule has 0 saturated heterocycles. The fourth-order valence-electron chi connectivity index (χ4n) is 3.05. The molecule has 1 amide bonds. The lowest BCUT2D eigenvalue weighted by Crippen LogP contribution is -2.33.